The van der Waals surface area contributed by atoms with Crippen molar-refractivity contribution in [3.05, 3.63) is 0 Å². The summed E-state index contributed by atoms with van der Waals surface area (Å²) in [6, 6.07) is 0. The molecule has 0 aromatic heterocycles. The quantitative estimate of drug-likeness (QED) is 0.645. The van der Waals surface area contributed by atoms with Gasteiger partial charge in [-0.15, -0.1) is 0 Å². The highest BCUT2D eigenvalue weighted by Crippen LogP contribution is 2.03. The molecule has 3 heteroatoms. The molecule has 0 aliphatic carbocycles. The third-order valence-electron chi connectivity index (χ3n) is 3.19. The van der Waals surface area contributed by atoms with Gasteiger partial charge < -0.3 is 15.1 Å². The SMILES string of the molecule is CCCCN1CCN(CCCNC)CC1.[HH]. The largest absolute Gasteiger partial charge is 0.320 e. The molecule has 15 heavy (non-hydrogen) atoms. The monoisotopic (exact) mass is 215 g/mol. The molecule has 1 fully saturated rings. The lowest BCUT2D eigenvalue weighted by atomic mass is 10.2. The molecule has 0 bridgehead atoms. The molecule has 0 unspecified atom stereocenters. The molecule has 1 aliphatic heterocycles. The van der Waals surface area contributed by atoms with E-state index < -0.39 is 0 Å². The van der Waals surface area contributed by atoms with Crippen LogP contribution in [0, 0.1) is 0 Å². The summed E-state index contributed by atoms with van der Waals surface area (Å²) < 4.78 is 0. The lowest BCUT2D eigenvalue weighted by Crippen LogP contribution is -2.47. The summed E-state index contributed by atoms with van der Waals surface area (Å²) in [5.74, 6) is 0. The predicted octanol–water partition coefficient (Wildman–Crippen LogP) is 1.26. The lowest BCUT2D eigenvalue weighted by molar-refractivity contribution is 0.130. The molecule has 1 N–H and O–H groups in total. The summed E-state index contributed by atoms with van der Waals surface area (Å²) in [5, 5.41) is 3.21. The second-order valence-electron chi connectivity index (χ2n) is 4.49. The molecule has 1 rings (SSSR count). The zero-order valence-corrected chi connectivity index (χ0v) is 10.5. The second-order valence-corrected chi connectivity index (χ2v) is 4.49. The molecule has 0 aromatic carbocycles. The van der Waals surface area contributed by atoms with Gasteiger partial charge in [-0.1, -0.05) is 13.3 Å². The summed E-state index contributed by atoms with van der Waals surface area (Å²) in [6.45, 7) is 11.1. The van der Waals surface area contributed by atoms with E-state index in [2.05, 4.69) is 22.0 Å². The van der Waals surface area contributed by atoms with Crippen LogP contribution < -0.4 is 5.32 Å². The molecular formula is C12H29N3. The third kappa shape index (κ3) is 5.50. The normalized spacial score (nSPS) is 19.6. The smallest absolute Gasteiger partial charge is 0.0110 e. The van der Waals surface area contributed by atoms with E-state index in [9.17, 15) is 0 Å². The maximum Gasteiger partial charge on any atom is 0.0110 e. The second kappa shape index (κ2) is 8.08. The van der Waals surface area contributed by atoms with Crippen LogP contribution >= 0.6 is 0 Å². The Hall–Kier alpha value is -0.120. The fourth-order valence-electron chi connectivity index (χ4n) is 2.10. The molecule has 1 saturated heterocycles. The van der Waals surface area contributed by atoms with Gasteiger partial charge in [0, 0.05) is 27.6 Å². The maximum atomic E-state index is 3.21. The first-order valence-electron chi connectivity index (χ1n) is 6.46. The van der Waals surface area contributed by atoms with Crippen LogP contribution in [0.3, 0.4) is 0 Å². The Morgan fingerprint density at radius 3 is 2.00 bits per heavy atom. The van der Waals surface area contributed by atoms with Crippen molar-refractivity contribution in [2.24, 2.45) is 0 Å². The van der Waals surface area contributed by atoms with Gasteiger partial charge in [-0.25, -0.2) is 0 Å². The third-order valence-corrected chi connectivity index (χ3v) is 3.19. The Bertz CT molecular complexity index is 147. The van der Waals surface area contributed by atoms with Crippen LogP contribution in [-0.2, 0) is 0 Å². The van der Waals surface area contributed by atoms with Crippen molar-refractivity contribution in [3.63, 3.8) is 0 Å². The van der Waals surface area contributed by atoms with Gasteiger partial charge in [-0.05, 0) is 39.5 Å². The van der Waals surface area contributed by atoms with Gasteiger partial charge in [0.15, 0.2) is 0 Å². The van der Waals surface area contributed by atoms with E-state index in [4.69, 9.17) is 0 Å². The molecule has 0 radical (unpaired) electrons. The molecule has 0 atom stereocenters. The standard InChI is InChI=1S/C12H27N3.H2/c1-3-4-7-14-9-11-15(12-10-14)8-5-6-13-2;/h13H,3-12H2,1-2H3;1H. The van der Waals surface area contributed by atoms with E-state index >= 15 is 0 Å². The van der Waals surface area contributed by atoms with Crippen molar-refractivity contribution in [3.8, 4) is 0 Å². The van der Waals surface area contributed by atoms with Crippen molar-refractivity contribution in [1.82, 2.24) is 15.1 Å². The topological polar surface area (TPSA) is 18.5 Å². The zero-order chi connectivity index (χ0) is 10.9. The molecule has 92 valence electrons. The summed E-state index contributed by atoms with van der Waals surface area (Å²) in [4.78, 5) is 5.21. The number of unbranched alkanes of at least 4 members (excludes halogenated alkanes) is 1. The van der Waals surface area contributed by atoms with Gasteiger partial charge >= 0.3 is 0 Å². The van der Waals surface area contributed by atoms with Crippen molar-refractivity contribution < 1.29 is 1.43 Å². The number of hydrogen-bond acceptors (Lipinski definition) is 3. The highest BCUT2D eigenvalue weighted by molar-refractivity contribution is 4.71. The Morgan fingerprint density at radius 2 is 1.53 bits per heavy atom. The van der Waals surface area contributed by atoms with Gasteiger partial charge in [0.2, 0.25) is 0 Å². The predicted molar refractivity (Wildman–Crippen MR) is 68.4 cm³/mol. The Kier molecular flexibility index (Phi) is 6.98. The Labute approximate surface area is 96.3 Å². The van der Waals surface area contributed by atoms with E-state index in [-0.39, 0.29) is 1.43 Å². The van der Waals surface area contributed by atoms with E-state index in [1.165, 1.54) is 58.5 Å². The average Bonchev–Trinajstić information content (AvgIpc) is 2.28. The molecule has 0 spiro atoms. The molecular weight excluding hydrogens is 186 g/mol. The highest BCUT2D eigenvalue weighted by Gasteiger charge is 2.15. The van der Waals surface area contributed by atoms with Gasteiger partial charge in [0.25, 0.3) is 0 Å². The summed E-state index contributed by atoms with van der Waals surface area (Å²) in [6.07, 6.45) is 3.97. The minimum atomic E-state index is 0. The zero-order valence-electron chi connectivity index (χ0n) is 10.5. The first kappa shape index (κ1) is 12.9. The number of nitrogens with zero attached hydrogens (tertiary/aromatic N) is 2. The average molecular weight is 215 g/mol. The van der Waals surface area contributed by atoms with E-state index in [0.29, 0.717) is 0 Å². The van der Waals surface area contributed by atoms with Crippen LogP contribution in [0.25, 0.3) is 0 Å². The van der Waals surface area contributed by atoms with E-state index in [1.54, 1.807) is 0 Å². The summed E-state index contributed by atoms with van der Waals surface area (Å²) >= 11 is 0. The molecule has 0 amide bonds. The number of nitrogens with one attached hydrogen (secondary N) is 1. The van der Waals surface area contributed by atoms with Crippen molar-refractivity contribution >= 4 is 0 Å². The lowest BCUT2D eigenvalue weighted by Gasteiger charge is -2.34. The molecule has 3 nitrogen and oxygen atoms in total. The van der Waals surface area contributed by atoms with Gasteiger partial charge in [0.1, 0.15) is 0 Å². The van der Waals surface area contributed by atoms with Crippen LogP contribution in [0.4, 0.5) is 0 Å². The summed E-state index contributed by atoms with van der Waals surface area (Å²) in [7, 11) is 2.03. The number of hydrogen-bond donors (Lipinski definition) is 1. The minimum absolute atomic E-state index is 0. The molecule has 0 saturated carbocycles. The van der Waals surface area contributed by atoms with Crippen LogP contribution in [0.1, 0.15) is 27.6 Å². The van der Waals surface area contributed by atoms with Gasteiger partial charge in [0.05, 0.1) is 0 Å². The van der Waals surface area contributed by atoms with E-state index in [1.807, 2.05) is 7.05 Å². The van der Waals surface area contributed by atoms with Crippen LogP contribution in [0.5, 0.6) is 0 Å². The van der Waals surface area contributed by atoms with Crippen LogP contribution in [-0.4, -0.2) is 62.7 Å². The van der Waals surface area contributed by atoms with E-state index in [0.717, 1.165) is 6.54 Å². The van der Waals surface area contributed by atoms with Crippen LogP contribution in [0.15, 0.2) is 0 Å². The van der Waals surface area contributed by atoms with Crippen LogP contribution in [0.2, 0.25) is 0 Å². The fourth-order valence-corrected chi connectivity index (χ4v) is 2.10. The summed E-state index contributed by atoms with van der Waals surface area (Å²) in [5.41, 5.74) is 0. The highest BCUT2D eigenvalue weighted by atomic mass is 15.3. The Morgan fingerprint density at radius 1 is 1.00 bits per heavy atom. The number of piperazine rings is 1. The Balaban J connectivity index is 0.00000225. The molecule has 0 aromatic rings. The first-order chi connectivity index (χ1) is 7.36. The molecule has 1 aliphatic rings. The van der Waals surface area contributed by atoms with Crippen molar-refractivity contribution in [1.29, 1.82) is 0 Å². The fraction of sp³-hybridized carbons (Fsp3) is 1.00. The minimum Gasteiger partial charge on any atom is -0.320 e. The maximum absolute atomic E-state index is 3.21. The first-order valence-corrected chi connectivity index (χ1v) is 6.46. The van der Waals surface area contributed by atoms with Crippen molar-refractivity contribution in [2.75, 3.05) is 52.9 Å². The van der Waals surface area contributed by atoms with Gasteiger partial charge in [-0.2, -0.15) is 0 Å². The van der Waals surface area contributed by atoms with Crippen molar-refractivity contribution in [2.45, 2.75) is 26.2 Å². The number of rotatable bonds is 7. The molecule has 1 heterocycles. The van der Waals surface area contributed by atoms with Gasteiger partial charge in [-0.3, -0.25) is 0 Å².